The molecule has 2 heteroatoms. The lowest BCUT2D eigenvalue weighted by Gasteiger charge is -2.10. The number of hydrogen-bond donors (Lipinski definition) is 1. The number of benzene rings is 2. The van der Waals surface area contributed by atoms with Gasteiger partial charge < -0.3 is 5.73 Å². The molecule has 18 heavy (non-hydrogen) atoms. The summed E-state index contributed by atoms with van der Waals surface area (Å²) in [6.07, 6.45) is 0.577. The van der Waals surface area contributed by atoms with Crippen LogP contribution in [0.1, 0.15) is 21.5 Å². The minimum atomic E-state index is -0.477. The Morgan fingerprint density at radius 3 is 2.28 bits per heavy atom. The Kier molecular flexibility index (Phi) is 3.90. The van der Waals surface area contributed by atoms with Crippen molar-refractivity contribution in [2.75, 3.05) is 0 Å². The fraction of sp³-hybridized carbons (Fsp3) is 0.188. The number of rotatable bonds is 4. The summed E-state index contributed by atoms with van der Waals surface area (Å²) >= 11 is 0. The largest absolute Gasteiger partial charge is 0.321 e. The maximum atomic E-state index is 12.1. The molecular formula is C16H17NO. The quantitative estimate of drug-likeness (QED) is 0.834. The standard InChI is InChI=1S/C16H17NO/c1-12-7-9-14(10-8-12)16(18)15(17)11-13-5-3-2-4-6-13/h2-10,15H,11,17H2,1H3/t15-/m1/s1. The van der Waals surface area contributed by atoms with Gasteiger partial charge in [0.05, 0.1) is 6.04 Å². The van der Waals surface area contributed by atoms with Gasteiger partial charge in [-0.3, -0.25) is 4.79 Å². The third-order valence-electron chi connectivity index (χ3n) is 2.97. The Labute approximate surface area is 107 Å². The molecule has 0 aliphatic rings. The van der Waals surface area contributed by atoms with Crippen molar-refractivity contribution in [1.29, 1.82) is 0 Å². The van der Waals surface area contributed by atoms with Crippen molar-refractivity contribution < 1.29 is 4.79 Å². The molecule has 0 aromatic heterocycles. The molecule has 2 aromatic rings. The van der Waals surface area contributed by atoms with Crippen LogP contribution in [-0.2, 0) is 6.42 Å². The molecule has 0 aliphatic carbocycles. The van der Waals surface area contributed by atoms with E-state index < -0.39 is 6.04 Å². The lowest BCUT2D eigenvalue weighted by molar-refractivity contribution is 0.0961. The van der Waals surface area contributed by atoms with Crippen molar-refractivity contribution in [1.82, 2.24) is 0 Å². The van der Waals surface area contributed by atoms with E-state index in [9.17, 15) is 4.79 Å². The van der Waals surface area contributed by atoms with Crippen molar-refractivity contribution in [2.24, 2.45) is 5.73 Å². The SMILES string of the molecule is Cc1ccc(C(=O)[C@H](N)Cc2ccccc2)cc1. The van der Waals surface area contributed by atoms with E-state index in [4.69, 9.17) is 5.73 Å². The zero-order valence-corrected chi connectivity index (χ0v) is 10.5. The second kappa shape index (κ2) is 5.61. The second-order valence-electron chi connectivity index (χ2n) is 4.53. The zero-order chi connectivity index (χ0) is 13.0. The van der Waals surface area contributed by atoms with Crippen molar-refractivity contribution in [2.45, 2.75) is 19.4 Å². The van der Waals surface area contributed by atoms with Crippen LogP contribution in [0.15, 0.2) is 54.6 Å². The first-order valence-corrected chi connectivity index (χ1v) is 6.07. The molecule has 0 fully saturated rings. The molecule has 2 nitrogen and oxygen atoms in total. The lowest BCUT2D eigenvalue weighted by atomic mass is 9.98. The molecule has 0 saturated carbocycles. The molecule has 0 radical (unpaired) electrons. The van der Waals surface area contributed by atoms with Gasteiger partial charge >= 0.3 is 0 Å². The first-order chi connectivity index (χ1) is 8.66. The molecular weight excluding hydrogens is 222 g/mol. The summed E-state index contributed by atoms with van der Waals surface area (Å²) in [5.74, 6) is -0.00106. The van der Waals surface area contributed by atoms with Gasteiger partial charge in [0, 0.05) is 5.56 Å². The molecule has 0 amide bonds. The molecule has 2 rings (SSSR count). The van der Waals surface area contributed by atoms with Gasteiger partial charge in [-0.1, -0.05) is 60.2 Å². The molecule has 0 heterocycles. The molecule has 2 aromatic carbocycles. The Hall–Kier alpha value is -1.93. The van der Waals surface area contributed by atoms with Crippen LogP contribution in [0.2, 0.25) is 0 Å². The van der Waals surface area contributed by atoms with Crippen LogP contribution in [0.5, 0.6) is 0 Å². The van der Waals surface area contributed by atoms with Crippen molar-refractivity contribution in [3.05, 3.63) is 71.3 Å². The van der Waals surface area contributed by atoms with Crippen molar-refractivity contribution in [3.8, 4) is 0 Å². The summed E-state index contributed by atoms with van der Waals surface area (Å²) in [5, 5.41) is 0. The van der Waals surface area contributed by atoms with Crippen LogP contribution in [0.4, 0.5) is 0 Å². The van der Waals surface area contributed by atoms with Gasteiger partial charge in [0.15, 0.2) is 5.78 Å². The third kappa shape index (κ3) is 3.05. The van der Waals surface area contributed by atoms with E-state index in [1.54, 1.807) is 0 Å². The highest BCUT2D eigenvalue weighted by Crippen LogP contribution is 2.09. The topological polar surface area (TPSA) is 43.1 Å². The monoisotopic (exact) mass is 239 g/mol. The van der Waals surface area contributed by atoms with E-state index in [0.29, 0.717) is 12.0 Å². The number of carbonyl (C=O) groups is 1. The molecule has 92 valence electrons. The highest BCUT2D eigenvalue weighted by Gasteiger charge is 2.15. The minimum absolute atomic E-state index is 0.00106. The van der Waals surface area contributed by atoms with Gasteiger partial charge in [0.1, 0.15) is 0 Å². The minimum Gasteiger partial charge on any atom is -0.321 e. The number of ketones is 1. The summed E-state index contributed by atoms with van der Waals surface area (Å²) in [4.78, 5) is 12.1. The van der Waals surface area contributed by atoms with E-state index in [1.165, 1.54) is 0 Å². The van der Waals surface area contributed by atoms with Gasteiger partial charge in [-0.25, -0.2) is 0 Å². The van der Waals surface area contributed by atoms with Crippen LogP contribution >= 0.6 is 0 Å². The maximum Gasteiger partial charge on any atom is 0.179 e. The summed E-state index contributed by atoms with van der Waals surface area (Å²) in [7, 11) is 0. The molecule has 0 bridgehead atoms. The smallest absolute Gasteiger partial charge is 0.179 e. The number of hydrogen-bond acceptors (Lipinski definition) is 2. The van der Waals surface area contributed by atoms with Crippen LogP contribution in [0.3, 0.4) is 0 Å². The molecule has 0 aliphatic heterocycles. The van der Waals surface area contributed by atoms with Crippen LogP contribution < -0.4 is 5.73 Å². The molecule has 0 saturated heterocycles. The number of carbonyl (C=O) groups excluding carboxylic acids is 1. The van der Waals surface area contributed by atoms with Crippen molar-refractivity contribution >= 4 is 5.78 Å². The van der Waals surface area contributed by atoms with E-state index in [0.717, 1.165) is 11.1 Å². The van der Waals surface area contributed by atoms with E-state index >= 15 is 0 Å². The first-order valence-electron chi connectivity index (χ1n) is 6.07. The predicted octanol–water partition coefficient (Wildman–Crippen LogP) is 2.75. The van der Waals surface area contributed by atoms with Gasteiger partial charge in [-0.15, -0.1) is 0 Å². The Morgan fingerprint density at radius 2 is 1.67 bits per heavy atom. The Bertz CT molecular complexity index is 517. The summed E-state index contributed by atoms with van der Waals surface area (Å²) in [6, 6.07) is 16.9. The third-order valence-corrected chi connectivity index (χ3v) is 2.97. The van der Waals surface area contributed by atoms with Crippen LogP contribution in [0, 0.1) is 6.92 Å². The fourth-order valence-electron chi connectivity index (χ4n) is 1.89. The second-order valence-corrected chi connectivity index (χ2v) is 4.53. The van der Waals surface area contributed by atoms with Crippen LogP contribution in [0.25, 0.3) is 0 Å². The number of nitrogens with two attached hydrogens (primary N) is 1. The molecule has 0 spiro atoms. The number of aryl methyl sites for hydroxylation is 1. The van der Waals surface area contributed by atoms with Crippen LogP contribution in [-0.4, -0.2) is 11.8 Å². The summed E-state index contributed by atoms with van der Waals surface area (Å²) in [6.45, 7) is 2.00. The normalized spacial score (nSPS) is 12.1. The fourth-order valence-corrected chi connectivity index (χ4v) is 1.89. The summed E-state index contributed by atoms with van der Waals surface area (Å²) < 4.78 is 0. The summed E-state index contributed by atoms with van der Waals surface area (Å²) in [5.41, 5.74) is 8.88. The molecule has 0 unspecified atom stereocenters. The molecule has 2 N–H and O–H groups in total. The first kappa shape index (κ1) is 12.5. The average Bonchev–Trinajstić information content (AvgIpc) is 2.40. The van der Waals surface area contributed by atoms with Gasteiger partial charge in [0.2, 0.25) is 0 Å². The van der Waals surface area contributed by atoms with E-state index in [2.05, 4.69) is 0 Å². The van der Waals surface area contributed by atoms with Crippen molar-refractivity contribution in [3.63, 3.8) is 0 Å². The average molecular weight is 239 g/mol. The highest BCUT2D eigenvalue weighted by molar-refractivity contribution is 6.00. The lowest BCUT2D eigenvalue weighted by Crippen LogP contribution is -2.32. The van der Waals surface area contributed by atoms with E-state index in [-0.39, 0.29) is 5.78 Å². The van der Waals surface area contributed by atoms with E-state index in [1.807, 2.05) is 61.5 Å². The Morgan fingerprint density at radius 1 is 1.06 bits per heavy atom. The van der Waals surface area contributed by atoms with Gasteiger partial charge in [0.25, 0.3) is 0 Å². The number of Topliss-reactive ketones (excluding diaryl/α,β-unsaturated/α-hetero) is 1. The van der Waals surface area contributed by atoms with Gasteiger partial charge in [-0.05, 0) is 18.9 Å². The Balaban J connectivity index is 2.07. The predicted molar refractivity (Wildman–Crippen MR) is 73.6 cm³/mol. The maximum absolute atomic E-state index is 12.1. The highest BCUT2D eigenvalue weighted by atomic mass is 16.1. The molecule has 1 atom stereocenters. The van der Waals surface area contributed by atoms with Gasteiger partial charge in [-0.2, -0.15) is 0 Å². The zero-order valence-electron chi connectivity index (χ0n) is 10.5.